The van der Waals surface area contributed by atoms with Gasteiger partial charge in [-0.1, -0.05) is 6.07 Å². The Labute approximate surface area is 100.0 Å². The first-order valence-corrected chi connectivity index (χ1v) is 5.77. The van der Waals surface area contributed by atoms with Crippen molar-refractivity contribution in [3.63, 3.8) is 0 Å². The molecule has 0 aliphatic rings. The van der Waals surface area contributed by atoms with E-state index in [1.165, 1.54) is 13.2 Å². The van der Waals surface area contributed by atoms with Gasteiger partial charge in [-0.2, -0.15) is 0 Å². The lowest BCUT2D eigenvalue weighted by Crippen LogP contribution is -2.10. The van der Waals surface area contributed by atoms with Gasteiger partial charge in [0.25, 0.3) is 0 Å². The molecule has 16 heavy (non-hydrogen) atoms. The molecule has 0 aromatic heterocycles. The number of rotatable bonds is 6. The van der Waals surface area contributed by atoms with Crippen LogP contribution in [0.4, 0.5) is 4.39 Å². The van der Waals surface area contributed by atoms with Crippen molar-refractivity contribution in [3.05, 3.63) is 29.6 Å². The van der Waals surface area contributed by atoms with Gasteiger partial charge in [-0.15, -0.1) is 11.6 Å². The van der Waals surface area contributed by atoms with Crippen LogP contribution in [0.3, 0.4) is 0 Å². The van der Waals surface area contributed by atoms with E-state index in [9.17, 15) is 9.50 Å². The van der Waals surface area contributed by atoms with Crippen molar-refractivity contribution >= 4 is 11.6 Å². The standard InChI is InChI=1S/C12H16ClFO2/c1-16-12-5-4-9(8-11(12)14)7-10(15)3-2-6-13/h4-5,8,10,15H,2-3,6-7H2,1H3. The second-order valence-corrected chi connectivity index (χ2v) is 4.04. The zero-order valence-corrected chi connectivity index (χ0v) is 10.0. The van der Waals surface area contributed by atoms with Gasteiger partial charge >= 0.3 is 0 Å². The van der Waals surface area contributed by atoms with Crippen molar-refractivity contribution in [2.24, 2.45) is 0 Å². The van der Waals surface area contributed by atoms with Gasteiger partial charge in [-0.05, 0) is 37.0 Å². The lowest BCUT2D eigenvalue weighted by Gasteiger charge is -2.10. The van der Waals surface area contributed by atoms with Crippen molar-refractivity contribution in [2.75, 3.05) is 13.0 Å². The van der Waals surface area contributed by atoms with Crippen LogP contribution in [0.25, 0.3) is 0 Å². The highest BCUT2D eigenvalue weighted by Crippen LogP contribution is 2.19. The average Bonchev–Trinajstić information content (AvgIpc) is 2.26. The Hall–Kier alpha value is -0.800. The van der Waals surface area contributed by atoms with E-state index in [0.717, 1.165) is 12.0 Å². The molecule has 1 aromatic rings. The van der Waals surface area contributed by atoms with E-state index in [4.69, 9.17) is 16.3 Å². The molecule has 0 aliphatic heterocycles. The summed E-state index contributed by atoms with van der Waals surface area (Å²) in [6.45, 7) is 0. The summed E-state index contributed by atoms with van der Waals surface area (Å²) in [4.78, 5) is 0. The molecule has 1 rings (SSSR count). The van der Waals surface area contributed by atoms with Gasteiger partial charge in [-0.25, -0.2) is 4.39 Å². The second-order valence-electron chi connectivity index (χ2n) is 3.66. The Morgan fingerprint density at radius 3 is 2.81 bits per heavy atom. The summed E-state index contributed by atoms with van der Waals surface area (Å²) < 4.78 is 18.1. The fourth-order valence-electron chi connectivity index (χ4n) is 1.52. The molecule has 0 amide bonds. The molecule has 0 spiro atoms. The smallest absolute Gasteiger partial charge is 0.165 e. The number of benzene rings is 1. The normalized spacial score (nSPS) is 12.5. The summed E-state index contributed by atoms with van der Waals surface area (Å²) in [5.74, 6) is 0.358. The maximum Gasteiger partial charge on any atom is 0.165 e. The molecule has 1 aromatic carbocycles. The number of aliphatic hydroxyl groups excluding tert-OH is 1. The lowest BCUT2D eigenvalue weighted by atomic mass is 10.0. The highest BCUT2D eigenvalue weighted by Gasteiger charge is 2.08. The van der Waals surface area contributed by atoms with E-state index in [1.807, 2.05) is 0 Å². The van der Waals surface area contributed by atoms with Crippen LogP contribution < -0.4 is 4.74 Å². The number of halogens is 2. The molecule has 90 valence electrons. The monoisotopic (exact) mass is 246 g/mol. The molecule has 0 bridgehead atoms. The number of methoxy groups -OCH3 is 1. The SMILES string of the molecule is COc1ccc(CC(O)CCCCl)cc1F. The molecule has 1 atom stereocenters. The highest BCUT2D eigenvalue weighted by molar-refractivity contribution is 6.17. The molecular weight excluding hydrogens is 231 g/mol. The zero-order chi connectivity index (χ0) is 12.0. The fourth-order valence-corrected chi connectivity index (χ4v) is 1.68. The van der Waals surface area contributed by atoms with Crippen LogP contribution in [0, 0.1) is 5.82 Å². The predicted octanol–water partition coefficient (Wildman–Crippen LogP) is 2.76. The lowest BCUT2D eigenvalue weighted by molar-refractivity contribution is 0.164. The van der Waals surface area contributed by atoms with Crippen LogP contribution in [0.15, 0.2) is 18.2 Å². The van der Waals surface area contributed by atoms with Gasteiger partial charge in [0.05, 0.1) is 13.2 Å². The van der Waals surface area contributed by atoms with E-state index in [-0.39, 0.29) is 5.75 Å². The summed E-state index contributed by atoms with van der Waals surface area (Å²) in [5, 5.41) is 9.64. The molecule has 0 aliphatic carbocycles. The molecule has 0 heterocycles. The molecule has 0 saturated carbocycles. The van der Waals surface area contributed by atoms with Gasteiger partial charge in [0.2, 0.25) is 0 Å². The Morgan fingerprint density at radius 1 is 1.50 bits per heavy atom. The quantitative estimate of drug-likeness (QED) is 0.782. The van der Waals surface area contributed by atoms with Crippen molar-refractivity contribution in [1.82, 2.24) is 0 Å². The minimum Gasteiger partial charge on any atom is -0.494 e. The topological polar surface area (TPSA) is 29.5 Å². The van der Waals surface area contributed by atoms with Crippen molar-refractivity contribution < 1.29 is 14.2 Å². The molecule has 2 nitrogen and oxygen atoms in total. The Balaban J connectivity index is 2.57. The average molecular weight is 247 g/mol. The molecule has 0 saturated heterocycles. The van der Waals surface area contributed by atoms with Gasteiger partial charge < -0.3 is 9.84 Å². The Morgan fingerprint density at radius 2 is 2.25 bits per heavy atom. The van der Waals surface area contributed by atoms with Crippen LogP contribution >= 0.6 is 11.6 Å². The van der Waals surface area contributed by atoms with Gasteiger partial charge in [-0.3, -0.25) is 0 Å². The number of alkyl halides is 1. The van der Waals surface area contributed by atoms with Crippen molar-refractivity contribution in [3.8, 4) is 5.75 Å². The first kappa shape index (κ1) is 13.3. The molecule has 0 fully saturated rings. The zero-order valence-electron chi connectivity index (χ0n) is 9.25. The first-order chi connectivity index (χ1) is 7.67. The maximum atomic E-state index is 13.3. The van der Waals surface area contributed by atoms with Crippen LogP contribution in [0.2, 0.25) is 0 Å². The third-order valence-electron chi connectivity index (χ3n) is 2.36. The van der Waals surface area contributed by atoms with Gasteiger partial charge in [0.15, 0.2) is 11.6 Å². The molecule has 1 N–H and O–H groups in total. The first-order valence-electron chi connectivity index (χ1n) is 5.23. The van der Waals surface area contributed by atoms with Crippen LogP contribution in [0.1, 0.15) is 18.4 Å². The largest absolute Gasteiger partial charge is 0.494 e. The fraction of sp³-hybridized carbons (Fsp3) is 0.500. The number of aliphatic hydroxyl groups is 1. The van der Waals surface area contributed by atoms with E-state index in [0.29, 0.717) is 18.7 Å². The summed E-state index contributed by atoms with van der Waals surface area (Å²) in [7, 11) is 1.42. The molecule has 0 radical (unpaired) electrons. The number of hydrogen-bond acceptors (Lipinski definition) is 2. The molecular formula is C12H16ClFO2. The van der Waals surface area contributed by atoms with Crippen LogP contribution in [-0.2, 0) is 6.42 Å². The predicted molar refractivity (Wildman–Crippen MR) is 62.6 cm³/mol. The Kier molecular flexibility index (Phi) is 5.56. The second kappa shape index (κ2) is 6.71. The number of ether oxygens (including phenoxy) is 1. The summed E-state index contributed by atoms with van der Waals surface area (Å²) >= 11 is 5.53. The molecule has 1 unspecified atom stereocenters. The minimum atomic E-state index is -0.466. The highest BCUT2D eigenvalue weighted by atomic mass is 35.5. The third-order valence-corrected chi connectivity index (χ3v) is 2.63. The summed E-state index contributed by atoms with van der Waals surface area (Å²) in [6, 6.07) is 4.72. The van der Waals surface area contributed by atoms with Crippen molar-refractivity contribution in [1.29, 1.82) is 0 Å². The van der Waals surface area contributed by atoms with Crippen molar-refractivity contribution in [2.45, 2.75) is 25.4 Å². The van der Waals surface area contributed by atoms with Gasteiger partial charge in [0.1, 0.15) is 0 Å². The summed E-state index contributed by atoms with van der Waals surface area (Å²) in [5.41, 5.74) is 0.764. The van der Waals surface area contributed by atoms with E-state index >= 15 is 0 Å². The van der Waals surface area contributed by atoms with Gasteiger partial charge in [0, 0.05) is 5.88 Å². The van der Waals surface area contributed by atoms with E-state index in [1.54, 1.807) is 12.1 Å². The Bertz CT molecular complexity index is 331. The molecule has 4 heteroatoms. The third kappa shape index (κ3) is 3.99. The number of hydrogen-bond donors (Lipinski definition) is 1. The minimum absolute atomic E-state index is 0.221. The van der Waals surface area contributed by atoms with E-state index < -0.39 is 11.9 Å². The summed E-state index contributed by atoms with van der Waals surface area (Å²) in [6.07, 6.45) is 1.38. The maximum absolute atomic E-state index is 13.3. The van der Waals surface area contributed by atoms with E-state index in [2.05, 4.69) is 0 Å². The van der Waals surface area contributed by atoms with Crippen LogP contribution in [-0.4, -0.2) is 24.2 Å². The van der Waals surface area contributed by atoms with Crippen LogP contribution in [0.5, 0.6) is 5.75 Å².